The van der Waals surface area contributed by atoms with Crippen molar-refractivity contribution in [2.24, 2.45) is 0 Å². The largest absolute Gasteiger partial charge is 0.480 e. The predicted molar refractivity (Wildman–Crippen MR) is 75.8 cm³/mol. The average molecular weight is 282 g/mol. The minimum Gasteiger partial charge on any atom is -0.480 e. The van der Waals surface area contributed by atoms with Crippen molar-refractivity contribution in [3.8, 4) is 0 Å². The highest BCUT2D eigenvalue weighted by molar-refractivity contribution is 5.79. The third kappa shape index (κ3) is 3.00. The summed E-state index contributed by atoms with van der Waals surface area (Å²) >= 11 is 0. The first-order chi connectivity index (χ1) is 9.64. The van der Waals surface area contributed by atoms with Crippen molar-refractivity contribution >= 4 is 5.97 Å². The van der Waals surface area contributed by atoms with Crippen molar-refractivity contribution < 1.29 is 14.6 Å². The van der Waals surface area contributed by atoms with Crippen LogP contribution in [0.15, 0.2) is 0 Å². The number of carboxylic acids is 1. The van der Waals surface area contributed by atoms with Crippen molar-refractivity contribution in [1.29, 1.82) is 0 Å². The lowest BCUT2D eigenvalue weighted by molar-refractivity contribution is -0.145. The van der Waals surface area contributed by atoms with E-state index in [-0.39, 0.29) is 0 Å². The van der Waals surface area contributed by atoms with Crippen LogP contribution in [0, 0.1) is 0 Å². The predicted octanol–water partition coefficient (Wildman–Crippen LogP) is 1.23. The second-order valence-corrected chi connectivity index (χ2v) is 6.66. The van der Waals surface area contributed by atoms with Gasteiger partial charge >= 0.3 is 5.97 Å². The van der Waals surface area contributed by atoms with Gasteiger partial charge in [-0.05, 0) is 44.9 Å². The fourth-order valence-corrected chi connectivity index (χ4v) is 3.57. The van der Waals surface area contributed by atoms with Gasteiger partial charge in [-0.2, -0.15) is 0 Å². The summed E-state index contributed by atoms with van der Waals surface area (Å²) in [4.78, 5) is 14.3. The Bertz CT molecular complexity index is 368. The maximum absolute atomic E-state index is 11.7. The highest BCUT2D eigenvalue weighted by Crippen LogP contribution is 2.40. The summed E-state index contributed by atoms with van der Waals surface area (Å²) in [6.45, 7) is 1.67. The molecule has 2 atom stereocenters. The standard InChI is InChI=1S/C15H26N2O3/c1-20-9-8-17(12-4-5-12)13-6-7-15(10-13,14(18)19)16-11-2-3-11/h11-13,16H,2-10H2,1H3,(H,18,19). The van der Waals surface area contributed by atoms with E-state index in [9.17, 15) is 9.90 Å². The van der Waals surface area contributed by atoms with Crippen LogP contribution in [-0.4, -0.2) is 59.9 Å². The van der Waals surface area contributed by atoms with E-state index in [2.05, 4.69) is 10.2 Å². The highest BCUT2D eigenvalue weighted by Gasteiger charge is 2.50. The van der Waals surface area contributed by atoms with Crippen molar-refractivity contribution in [3.63, 3.8) is 0 Å². The fraction of sp³-hybridized carbons (Fsp3) is 0.933. The molecule has 0 aromatic carbocycles. The van der Waals surface area contributed by atoms with Gasteiger partial charge in [0.1, 0.15) is 5.54 Å². The zero-order chi connectivity index (χ0) is 14.2. The van der Waals surface area contributed by atoms with Crippen molar-refractivity contribution in [3.05, 3.63) is 0 Å². The Morgan fingerprint density at radius 2 is 2.05 bits per heavy atom. The Morgan fingerprint density at radius 1 is 1.30 bits per heavy atom. The lowest BCUT2D eigenvalue weighted by Gasteiger charge is -2.31. The molecule has 3 aliphatic rings. The van der Waals surface area contributed by atoms with E-state index in [1.54, 1.807) is 7.11 Å². The molecule has 0 amide bonds. The molecular formula is C15H26N2O3. The van der Waals surface area contributed by atoms with Crippen LogP contribution in [0.4, 0.5) is 0 Å². The minimum absolute atomic E-state index is 0.403. The van der Waals surface area contributed by atoms with Crippen LogP contribution in [0.3, 0.4) is 0 Å². The molecule has 0 heterocycles. The summed E-state index contributed by atoms with van der Waals surface area (Å²) in [6, 6.07) is 1.51. The fourth-order valence-electron chi connectivity index (χ4n) is 3.57. The van der Waals surface area contributed by atoms with E-state index < -0.39 is 11.5 Å². The van der Waals surface area contributed by atoms with Crippen LogP contribution in [0.1, 0.15) is 44.9 Å². The maximum atomic E-state index is 11.7. The molecule has 0 aromatic heterocycles. The Balaban J connectivity index is 1.64. The molecular weight excluding hydrogens is 256 g/mol. The normalized spacial score (nSPS) is 33.8. The summed E-state index contributed by atoms with van der Waals surface area (Å²) in [5, 5.41) is 13.1. The van der Waals surface area contributed by atoms with Gasteiger partial charge in [0.25, 0.3) is 0 Å². The van der Waals surface area contributed by atoms with Crippen LogP contribution < -0.4 is 5.32 Å². The van der Waals surface area contributed by atoms with Gasteiger partial charge in [-0.3, -0.25) is 15.0 Å². The van der Waals surface area contributed by atoms with E-state index >= 15 is 0 Å². The SMILES string of the molecule is COCCN(C1CC1)C1CCC(NC2CC2)(C(=O)O)C1. The van der Waals surface area contributed by atoms with Gasteiger partial charge < -0.3 is 9.84 Å². The monoisotopic (exact) mass is 282 g/mol. The number of hydrogen-bond donors (Lipinski definition) is 2. The molecule has 0 aliphatic heterocycles. The topological polar surface area (TPSA) is 61.8 Å². The molecule has 3 aliphatic carbocycles. The highest BCUT2D eigenvalue weighted by atomic mass is 16.5. The van der Waals surface area contributed by atoms with Gasteiger partial charge in [-0.25, -0.2) is 0 Å². The summed E-state index contributed by atoms with van der Waals surface area (Å²) in [5.41, 5.74) is -0.675. The average Bonchev–Trinajstić information content (AvgIpc) is 3.31. The van der Waals surface area contributed by atoms with Crippen molar-refractivity contribution in [1.82, 2.24) is 10.2 Å². The molecule has 2 N–H and O–H groups in total. The molecule has 114 valence electrons. The van der Waals surface area contributed by atoms with Gasteiger partial charge in [0.05, 0.1) is 6.61 Å². The van der Waals surface area contributed by atoms with Crippen LogP contribution in [0.2, 0.25) is 0 Å². The molecule has 5 heteroatoms. The quantitative estimate of drug-likeness (QED) is 0.701. The second-order valence-electron chi connectivity index (χ2n) is 6.66. The van der Waals surface area contributed by atoms with Crippen molar-refractivity contribution in [2.75, 3.05) is 20.3 Å². The number of aliphatic carboxylic acids is 1. The van der Waals surface area contributed by atoms with E-state index in [0.29, 0.717) is 18.1 Å². The van der Waals surface area contributed by atoms with E-state index in [1.165, 1.54) is 12.8 Å². The third-order valence-corrected chi connectivity index (χ3v) is 4.99. The Morgan fingerprint density at radius 3 is 2.60 bits per heavy atom. The van der Waals surface area contributed by atoms with Crippen LogP contribution in [0.25, 0.3) is 0 Å². The first-order valence-corrected chi connectivity index (χ1v) is 7.90. The van der Waals surface area contributed by atoms with E-state index in [0.717, 1.165) is 45.3 Å². The van der Waals surface area contributed by atoms with E-state index in [4.69, 9.17) is 4.74 Å². The molecule has 0 saturated heterocycles. The second kappa shape index (κ2) is 5.62. The first kappa shape index (κ1) is 14.3. The smallest absolute Gasteiger partial charge is 0.323 e. The lowest BCUT2D eigenvalue weighted by Crippen LogP contribution is -2.52. The molecule has 0 spiro atoms. The molecule has 3 saturated carbocycles. The molecule has 3 rings (SSSR count). The molecule has 0 aromatic rings. The molecule has 3 fully saturated rings. The van der Waals surface area contributed by atoms with Crippen molar-refractivity contribution in [2.45, 2.75) is 68.6 Å². The van der Waals surface area contributed by atoms with Gasteiger partial charge in [0, 0.05) is 31.8 Å². The summed E-state index contributed by atoms with van der Waals surface area (Å²) < 4.78 is 5.21. The molecule has 20 heavy (non-hydrogen) atoms. The number of nitrogens with zero attached hydrogens (tertiary/aromatic N) is 1. The minimum atomic E-state index is -0.675. The number of carbonyl (C=O) groups is 1. The van der Waals surface area contributed by atoms with Gasteiger partial charge in [-0.1, -0.05) is 0 Å². The Kier molecular flexibility index (Phi) is 4.02. The summed E-state index contributed by atoms with van der Waals surface area (Å²) in [7, 11) is 1.73. The first-order valence-electron chi connectivity index (χ1n) is 7.90. The Hall–Kier alpha value is -0.650. The number of methoxy groups -OCH3 is 1. The zero-order valence-electron chi connectivity index (χ0n) is 12.3. The molecule has 0 bridgehead atoms. The van der Waals surface area contributed by atoms with Gasteiger partial charge in [0.15, 0.2) is 0 Å². The van der Waals surface area contributed by atoms with Crippen LogP contribution >= 0.6 is 0 Å². The molecule has 5 nitrogen and oxygen atoms in total. The summed E-state index contributed by atoms with van der Waals surface area (Å²) in [6.07, 6.45) is 7.29. The van der Waals surface area contributed by atoms with E-state index in [1.807, 2.05) is 0 Å². The number of rotatable bonds is 8. The molecule has 2 unspecified atom stereocenters. The van der Waals surface area contributed by atoms with Crippen LogP contribution in [-0.2, 0) is 9.53 Å². The maximum Gasteiger partial charge on any atom is 0.323 e. The number of carboxylic acid groups (broad SMARTS) is 1. The Labute approximate surface area is 120 Å². The lowest BCUT2D eigenvalue weighted by atomic mass is 9.97. The van der Waals surface area contributed by atoms with Crippen LogP contribution in [0.5, 0.6) is 0 Å². The van der Waals surface area contributed by atoms with Gasteiger partial charge in [-0.15, -0.1) is 0 Å². The third-order valence-electron chi connectivity index (χ3n) is 4.99. The number of hydrogen-bond acceptors (Lipinski definition) is 4. The molecule has 0 radical (unpaired) electrons. The zero-order valence-corrected chi connectivity index (χ0v) is 12.3. The number of nitrogens with one attached hydrogen (secondary N) is 1. The summed E-state index contributed by atoms with van der Waals surface area (Å²) in [5.74, 6) is -0.658. The number of ether oxygens (including phenoxy) is 1. The van der Waals surface area contributed by atoms with Gasteiger partial charge in [0.2, 0.25) is 0 Å².